The molecule has 2 heterocycles. The Bertz CT molecular complexity index is 321. The van der Waals surface area contributed by atoms with E-state index in [2.05, 4.69) is 15.5 Å². The van der Waals surface area contributed by atoms with Crippen molar-refractivity contribution in [2.45, 2.75) is 32.6 Å². The zero-order valence-electron chi connectivity index (χ0n) is 10.4. The third kappa shape index (κ3) is 4.09. The molecule has 5 heteroatoms. The first-order chi connectivity index (χ1) is 8.38. The van der Waals surface area contributed by atoms with E-state index in [1.807, 2.05) is 6.92 Å². The van der Waals surface area contributed by atoms with Crippen molar-refractivity contribution in [1.29, 1.82) is 0 Å². The number of piperidine rings is 1. The van der Waals surface area contributed by atoms with Crippen molar-refractivity contribution in [3.63, 3.8) is 0 Å². The lowest BCUT2D eigenvalue weighted by molar-refractivity contribution is 0.144. The Labute approximate surface area is 102 Å². The molecule has 1 aliphatic heterocycles. The Balaban J connectivity index is 1.76. The van der Waals surface area contributed by atoms with Crippen molar-refractivity contribution < 1.29 is 9.26 Å². The quantitative estimate of drug-likeness (QED) is 0.756. The van der Waals surface area contributed by atoms with Gasteiger partial charge in [-0.1, -0.05) is 5.16 Å². The second kappa shape index (κ2) is 6.71. The lowest BCUT2D eigenvalue weighted by Crippen LogP contribution is -2.31. The summed E-state index contributed by atoms with van der Waals surface area (Å²) in [6.07, 6.45) is 4.14. The van der Waals surface area contributed by atoms with E-state index >= 15 is 0 Å². The van der Waals surface area contributed by atoms with E-state index in [1.54, 1.807) is 0 Å². The van der Waals surface area contributed by atoms with E-state index < -0.39 is 0 Å². The Morgan fingerprint density at radius 2 is 2.47 bits per heavy atom. The molecule has 1 atom stereocenters. The van der Waals surface area contributed by atoms with Crippen LogP contribution in [-0.2, 0) is 17.6 Å². The number of hydrogen-bond acceptors (Lipinski definition) is 5. The second-order valence-corrected chi connectivity index (χ2v) is 4.47. The van der Waals surface area contributed by atoms with Crippen molar-refractivity contribution in [3.05, 3.63) is 11.7 Å². The summed E-state index contributed by atoms with van der Waals surface area (Å²) in [5.74, 6) is 2.18. The van der Waals surface area contributed by atoms with Crippen LogP contribution in [0.2, 0.25) is 0 Å². The normalized spacial score (nSPS) is 20.6. The molecule has 1 fully saturated rings. The molecular formula is C12H21N3O2. The first kappa shape index (κ1) is 12.5. The number of nitrogens with zero attached hydrogens (tertiary/aromatic N) is 2. The van der Waals surface area contributed by atoms with Gasteiger partial charge in [-0.15, -0.1) is 0 Å². The molecule has 0 spiro atoms. The summed E-state index contributed by atoms with van der Waals surface area (Å²) in [5.41, 5.74) is 0. The third-order valence-corrected chi connectivity index (χ3v) is 3.04. The van der Waals surface area contributed by atoms with Crippen molar-refractivity contribution in [2.24, 2.45) is 5.92 Å². The van der Waals surface area contributed by atoms with Crippen LogP contribution < -0.4 is 5.32 Å². The molecule has 17 heavy (non-hydrogen) atoms. The number of hydrogen-bond donors (Lipinski definition) is 1. The molecule has 0 saturated carbocycles. The van der Waals surface area contributed by atoms with Crippen molar-refractivity contribution in [1.82, 2.24) is 15.5 Å². The van der Waals surface area contributed by atoms with Crippen LogP contribution in [0.25, 0.3) is 0 Å². The average Bonchev–Trinajstić information content (AvgIpc) is 2.79. The first-order valence-electron chi connectivity index (χ1n) is 6.48. The topological polar surface area (TPSA) is 60.2 Å². The van der Waals surface area contributed by atoms with E-state index in [9.17, 15) is 0 Å². The Hall–Kier alpha value is -0.940. The maximum atomic E-state index is 5.26. The van der Waals surface area contributed by atoms with Gasteiger partial charge in [0.25, 0.3) is 0 Å². The van der Waals surface area contributed by atoms with Crippen LogP contribution in [0, 0.1) is 5.92 Å². The zero-order chi connectivity index (χ0) is 11.9. The van der Waals surface area contributed by atoms with Crippen LogP contribution in [0.5, 0.6) is 0 Å². The van der Waals surface area contributed by atoms with Gasteiger partial charge in [-0.3, -0.25) is 0 Å². The van der Waals surface area contributed by atoms with Gasteiger partial charge in [0.2, 0.25) is 5.89 Å². The monoisotopic (exact) mass is 239 g/mol. The number of aromatic nitrogens is 2. The standard InChI is InChI=1S/C12H21N3O2/c1-2-16-7-5-12-14-11(15-17-12)8-10-4-3-6-13-9-10/h10,13H,2-9H2,1H3. The van der Waals surface area contributed by atoms with Gasteiger partial charge in [0.05, 0.1) is 13.0 Å². The molecule has 0 bridgehead atoms. The minimum Gasteiger partial charge on any atom is -0.381 e. The predicted molar refractivity (Wildman–Crippen MR) is 63.8 cm³/mol. The molecule has 1 aliphatic rings. The van der Waals surface area contributed by atoms with Gasteiger partial charge < -0.3 is 14.6 Å². The molecule has 5 nitrogen and oxygen atoms in total. The highest BCUT2D eigenvalue weighted by atomic mass is 16.5. The highest BCUT2D eigenvalue weighted by molar-refractivity contribution is 4.89. The number of nitrogens with one attached hydrogen (secondary N) is 1. The molecule has 1 N–H and O–H groups in total. The van der Waals surface area contributed by atoms with Crippen LogP contribution in [0.3, 0.4) is 0 Å². The Kier molecular flexibility index (Phi) is 4.94. The zero-order valence-corrected chi connectivity index (χ0v) is 10.4. The van der Waals surface area contributed by atoms with E-state index in [1.165, 1.54) is 12.8 Å². The summed E-state index contributed by atoms with van der Waals surface area (Å²) in [5, 5.41) is 7.42. The van der Waals surface area contributed by atoms with Gasteiger partial charge in [-0.25, -0.2) is 0 Å². The highest BCUT2D eigenvalue weighted by Gasteiger charge is 2.16. The predicted octanol–water partition coefficient (Wildman–Crippen LogP) is 1.19. The van der Waals surface area contributed by atoms with Gasteiger partial charge >= 0.3 is 0 Å². The molecule has 1 aromatic heterocycles. The molecule has 0 aromatic carbocycles. The molecule has 96 valence electrons. The minimum atomic E-state index is 0.654. The van der Waals surface area contributed by atoms with Crippen LogP contribution in [0.4, 0.5) is 0 Å². The minimum absolute atomic E-state index is 0.654. The smallest absolute Gasteiger partial charge is 0.228 e. The fourth-order valence-corrected chi connectivity index (χ4v) is 2.13. The summed E-state index contributed by atoms with van der Waals surface area (Å²) in [6.45, 7) is 5.58. The van der Waals surface area contributed by atoms with E-state index in [-0.39, 0.29) is 0 Å². The lowest BCUT2D eigenvalue weighted by Gasteiger charge is -2.20. The van der Waals surface area contributed by atoms with E-state index in [4.69, 9.17) is 9.26 Å². The van der Waals surface area contributed by atoms with E-state index in [0.717, 1.165) is 31.9 Å². The Morgan fingerprint density at radius 3 is 3.24 bits per heavy atom. The highest BCUT2D eigenvalue weighted by Crippen LogP contribution is 2.14. The van der Waals surface area contributed by atoms with Crippen molar-refractivity contribution in [3.8, 4) is 0 Å². The molecule has 1 saturated heterocycles. The molecule has 2 rings (SSSR count). The number of rotatable bonds is 6. The van der Waals surface area contributed by atoms with Gasteiger partial charge in [-0.2, -0.15) is 4.98 Å². The summed E-state index contributed by atoms with van der Waals surface area (Å²) >= 11 is 0. The van der Waals surface area contributed by atoms with Crippen LogP contribution in [-0.4, -0.2) is 36.4 Å². The van der Waals surface area contributed by atoms with Gasteiger partial charge in [-0.05, 0) is 38.8 Å². The molecule has 0 amide bonds. The van der Waals surface area contributed by atoms with Crippen molar-refractivity contribution >= 4 is 0 Å². The van der Waals surface area contributed by atoms with E-state index in [0.29, 0.717) is 24.8 Å². The lowest BCUT2D eigenvalue weighted by atomic mass is 9.96. The van der Waals surface area contributed by atoms with Crippen molar-refractivity contribution in [2.75, 3.05) is 26.3 Å². The van der Waals surface area contributed by atoms with Crippen LogP contribution >= 0.6 is 0 Å². The van der Waals surface area contributed by atoms with Crippen LogP contribution in [0.1, 0.15) is 31.5 Å². The second-order valence-electron chi connectivity index (χ2n) is 4.47. The maximum absolute atomic E-state index is 5.26. The average molecular weight is 239 g/mol. The molecule has 0 radical (unpaired) electrons. The molecule has 1 aromatic rings. The fourth-order valence-electron chi connectivity index (χ4n) is 2.13. The SMILES string of the molecule is CCOCCc1nc(CC2CCCNC2)no1. The number of ether oxygens (including phenoxy) is 1. The fraction of sp³-hybridized carbons (Fsp3) is 0.833. The largest absolute Gasteiger partial charge is 0.381 e. The third-order valence-electron chi connectivity index (χ3n) is 3.04. The first-order valence-corrected chi connectivity index (χ1v) is 6.48. The van der Waals surface area contributed by atoms with Gasteiger partial charge in [0, 0.05) is 13.0 Å². The Morgan fingerprint density at radius 1 is 1.53 bits per heavy atom. The maximum Gasteiger partial charge on any atom is 0.228 e. The molecular weight excluding hydrogens is 218 g/mol. The molecule has 0 aliphatic carbocycles. The summed E-state index contributed by atoms with van der Waals surface area (Å²) in [7, 11) is 0. The summed E-state index contributed by atoms with van der Waals surface area (Å²) in [6, 6.07) is 0. The van der Waals surface area contributed by atoms with Gasteiger partial charge in [0.15, 0.2) is 5.82 Å². The summed E-state index contributed by atoms with van der Waals surface area (Å²) in [4.78, 5) is 4.39. The van der Waals surface area contributed by atoms with Crippen LogP contribution in [0.15, 0.2) is 4.52 Å². The van der Waals surface area contributed by atoms with Gasteiger partial charge in [0.1, 0.15) is 0 Å². The summed E-state index contributed by atoms with van der Waals surface area (Å²) < 4.78 is 10.5. The molecule has 1 unspecified atom stereocenters.